The van der Waals surface area contributed by atoms with E-state index in [2.05, 4.69) is 36.5 Å². The van der Waals surface area contributed by atoms with E-state index < -0.39 is 10.0 Å². The van der Waals surface area contributed by atoms with Crippen molar-refractivity contribution in [1.82, 2.24) is 9.62 Å². The fourth-order valence-corrected chi connectivity index (χ4v) is 5.84. The molecule has 1 aliphatic heterocycles. The van der Waals surface area contributed by atoms with E-state index in [4.69, 9.17) is 4.74 Å². The summed E-state index contributed by atoms with van der Waals surface area (Å²) in [4.78, 5) is 12.9. The number of ether oxygens (including phenoxy) is 1. The molecule has 1 amide bonds. The third kappa shape index (κ3) is 5.41. The van der Waals surface area contributed by atoms with Gasteiger partial charge in [-0.1, -0.05) is 31.2 Å². The number of rotatable bonds is 8. The molecule has 0 saturated carbocycles. The number of carbonyl (C=O) groups is 1. The smallest absolute Gasteiger partial charge is 0.252 e. The lowest BCUT2D eigenvalue weighted by molar-refractivity contribution is -0.121. The Labute approximate surface area is 170 Å². The molecular weight excluding hydrogens is 396 g/mol. The molecule has 0 atom stereocenters. The van der Waals surface area contributed by atoms with Crippen molar-refractivity contribution in [3.8, 4) is 0 Å². The van der Waals surface area contributed by atoms with Crippen molar-refractivity contribution < 1.29 is 17.9 Å². The highest BCUT2D eigenvalue weighted by molar-refractivity contribution is 7.91. The first-order chi connectivity index (χ1) is 13.5. The molecule has 6 nitrogen and oxygen atoms in total. The number of hydrogen-bond acceptors (Lipinski definition) is 5. The second kappa shape index (κ2) is 9.65. The van der Waals surface area contributed by atoms with Crippen LogP contribution in [0.5, 0.6) is 0 Å². The molecule has 1 saturated heterocycles. The van der Waals surface area contributed by atoms with E-state index >= 15 is 0 Å². The van der Waals surface area contributed by atoms with Crippen LogP contribution in [0.1, 0.15) is 29.3 Å². The summed E-state index contributed by atoms with van der Waals surface area (Å²) in [5.41, 5.74) is 2.43. The fourth-order valence-electron chi connectivity index (χ4n) is 2.98. The van der Waals surface area contributed by atoms with Gasteiger partial charge in [0.1, 0.15) is 4.21 Å². The number of nitrogens with one attached hydrogen (secondary N) is 1. The lowest BCUT2D eigenvalue weighted by atomic mass is 10.1. The second-order valence-corrected chi connectivity index (χ2v) is 10.0. The van der Waals surface area contributed by atoms with Crippen molar-refractivity contribution in [2.24, 2.45) is 0 Å². The number of carbonyl (C=O) groups excluding carboxylic acids is 1. The maximum Gasteiger partial charge on any atom is 0.252 e. The molecule has 2 aromatic rings. The largest absolute Gasteiger partial charge is 0.379 e. The number of hydrogen-bond donors (Lipinski definition) is 1. The number of morpholine rings is 1. The van der Waals surface area contributed by atoms with Crippen LogP contribution < -0.4 is 5.32 Å². The number of aryl methyl sites for hydroxylation is 2. The van der Waals surface area contributed by atoms with Crippen LogP contribution in [0, 0.1) is 0 Å². The monoisotopic (exact) mass is 422 g/mol. The Morgan fingerprint density at radius 3 is 2.46 bits per heavy atom. The molecular formula is C20H26N2O4S2. The van der Waals surface area contributed by atoms with Crippen LogP contribution in [-0.2, 0) is 38.9 Å². The second-order valence-electron chi connectivity index (χ2n) is 6.68. The molecule has 0 bridgehead atoms. The van der Waals surface area contributed by atoms with Crippen LogP contribution in [0.2, 0.25) is 0 Å². The normalized spacial score (nSPS) is 15.5. The van der Waals surface area contributed by atoms with Crippen LogP contribution in [0.3, 0.4) is 0 Å². The summed E-state index contributed by atoms with van der Waals surface area (Å²) in [6.07, 6.45) is 2.11. The van der Waals surface area contributed by atoms with Gasteiger partial charge in [0.15, 0.2) is 0 Å². The summed E-state index contributed by atoms with van der Waals surface area (Å²) < 4.78 is 32.3. The third-order valence-electron chi connectivity index (χ3n) is 4.73. The van der Waals surface area contributed by atoms with Crippen molar-refractivity contribution in [1.29, 1.82) is 0 Å². The average molecular weight is 423 g/mol. The molecule has 28 heavy (non-hydrogen) atoms. The number of nitrogens with zero attached hydrogens (tertiary/aromatic N) is 1. The molecule has 0 unspecified atom stereocenters. The van der Waals surface area contributed by atoms with E-state index in [1.807, 2.05) is 0 Å². The minimum absolute atomic E-state index is 0.0365. The van der Waals surface area contributed by atoms with E-state index in [0.717, 1.165) is 16.9 Å². The summed E-state index contributed by atoms with van der Waals surface area (Å²) >= 11 is 1.21. The van der Waals surface area contributed by atoms with Crippen LogP contribution in [0.25, 0.3) is 0 Å². The van der Waals surface area contributed by atoms with Crippen molar-refractivity contribution in [2.45, 2.75) is 36.9 Å². The number of amides is 1. The van der Waals surface area contributed by atoms with Gasteiger partial charge in [-0.15, -0.1) is 11.3 Å². The summed E-state index contributed by atoms with van der Waals surface area (Å²) in [6, 6.07) is 11.7. The van der Waals surface area contributed by atoms with Gasteiger partial charge in [0.05, 0.1) is 19.8 Å². The minimum atomic E-state index is -3.47. The first-order valence-electron chi connectivity index (χ1n) is 9.50. The molecule has 1 aliphatic rings. The van der Waals surface area contributed by atoms with Gasteiger partial charge in [0.25, 0.3) is 10.0 Å². The Morgan fingerprint density at radius 2 is 1.79 bits per heavy atom. The first kappa shape index (κ1) is 21.0. The molecule has 1 fully saturated rings. The van der Waals surface area contributed by atoms with Gasteiger partial charge in [0, 0.05) is 24.4 Å². The summed E-state index contributed by atoms with van der Waals surface area (Å²) in [7, 11) is -3.47. The Kier molecular flexibility index (Phi) is 7.23. The van der Waals surface area contributed by atoms with E-state index in [-0.39, 0.29) is 5.91 Å². The molecule has 8 heteroatoms. The van der Waals surface area contributed by atoms with Gasteiger partial charge < -0.3 is 10.1 Å². The zero-order chi connectivity index (χ0) is 20.0. The molecule has 1 aromatic carbocycles. The van der Waals surface area contributed by atoms with Gasteiger partial charge in [0.2, 0.25) is 5.91 Å². The number of thiophene rings is 1. The Balaban J connectivity index is 1.48. The predicted molar refractivity (Wildman–Crippen MR) is 110 cm³/mol. The van der Waals surface area contributed by atoms with Crippen LogP contribution in [0.4, 0.5) is 0 Å². The van der Waals surface area contributed by atoms with Crippen LogP contribution in [-0.4, -0.2) is 44.9 Å². The lowest BCUT2D eigenvalue weighted by Gasteiger charge is -2.25. The van der Waals surface area contributed by atoms with Gasteiger partial charge in [-0.25, -0.2) is 8.42 Å². The van der Waals surface area contributed by atoms with Crippen molar-refractivity contribution in [2.75, 3.05) is 26.3 Å². The zero-order valence-corrected chi connectivity index (χ0v) is 17.7. The Hall–Kier alpha value is -1.74. The highest BCUT2D eigenvalue weighted by atomic mass is 32.2. The zero-order valence-electron chi connectivity index (χ0n) is 16.0. The average Bonchev–Trinajstić information content (AvgIpc) is 3.22. The predicted octanol–water partition coefficient (Wildman–Crippen LogP) is 2.58. The highest BCUT2D eigenvalue weighted by Crippen LogP contribution is 2.25. The topological polar surface area (TPSA) is 75.7 Å². The molecule has 0 radical (unpaired) electrons. The molecule has 0 spiro atoms. The van der Waals surface area contributed by atoms with Crippen LogP contribution >= 0.6 is 11.3 Å². The van der Waals surface area contributed by atoms with E-state index in [9.17, 15) is 13.2 Å². The summed E-state index contributed by atoms with van der Waals surface area (Å²) in [5, 5.41) is 2.88. The van der Waals surface area contributed by atoms with Crippen LogP contribution in [0.15, 0.2) is 40.6 Å². The quantitative estimate of drug-likeness (QED) is 0.709. The minimum Gasteiger partial charge on any atom is -0.379 e. The SMILES string of the molecule is CCc1ccc(CCC(=O)NCc2ccc(S(=O)(=O)N3CCOCC3)s2)cc1. The first-order valence-corrected chi connectivity index (χ1v) is 11.8. The maximum absolute atomic E-state index is 12.6. The molecule has 2 heterocycles. The van der Waals surface area contributed by atoms with Crippen molar-refractivity contribution in [3.63, 3.8) is 0 Å². The molecule has 1 N–H and O–H groups in total. The third-order valence-corrected chi connectivity index (χ3v) is 8.18. The molecule has 0 aliphatic carbocycles. The van der Waals surface area contributed by atoms with Crippen molar-refractivity contribution >= 4 is 27.3 Å². The lowest BCUT2D eigenvalue weighted by Crippen LogP contribution is -2.40. The van der Waals surface area contributed by atoms with Gasteiger partial charge in [-0.05, 0) is 36.1 Å². The van der Waals surface area contributed by atoms with Gasteiger partial charge in [-0.3, -0.25) is 4.79 Å². The fraction of sp³-hybridized carbons (Fsp3) is 0.450. The Bertz CT molecular complexity index is 885. The standard InChI is InChI=1S/C20H26N2O4S2/c1-2-16-3-5-17(6-4-16)7-9-19(23)21-15-18-8-10-20(27-18)28(24,25)22-11-13-26-14-12-22/h3-6,8,10H,2,7,9,11-15H2,1H3,(H,21,23). The summed E-state index contributed by atoms with van der Waals surface area (Å²) in [6.45, 7) is 4.07. The van der Waals surface area contributed by atoms with E-state index in [1.165, 1.54) is 21.2 Å². The van der Waals surface area contributed by atoms with Gasteiger partial charge >= 0.3 is 0 Å². The van der Waals surface area contributed by atoms with Crippen molar-refractivity contribution in [3.05, 3.63) is 52.4 Å². The highest BCUT2D eigenvalue weighted by Gasteiger charge is 2.27. The number of sulfonamides is 1. The number of benzene rings is 1. The Morgan fingerprint density at radius 1 is 1.11 bits per heavy atom. The van der Waals surface area contributed by atoms with Gasteiger partial charge in [-0.2, -0.15) is 4.31 Å². The summed E-state index contributed by atoms with van der Waals surface area (Å²) in [5.74, 6) is -0.0365. The maximum atomic E-state index is 12.6. The van der Waals surface area contributed by atoms with E-state index in [1.54, 1.807) is 12.1 Å². The van der Waals surface area contributed by atoms with E-state index in [0.29, 0.717) is 49.9 Å². The molecule has 3 rings (SSSR count). The molecule has 152 valence electrons. The molecule has 1 aromatic heterocycles.